The van der Waals surface area contributed by atoms with E-state index >= 15 is 0 Å². The quantitative estimate of drug-likeness (QED) is 0.803. The normalized spacial score (nSPS) is 24.3. The monoisotopic (exact) mass is 257 g/mol. The van der Waals surface area contributed by atoms with Crippen LogP contribution in [0, 0.1) is 5.92 Å². The lowest BCUT2D eigenvalue weighted by atomic mass is 9.98. The molecule has 1 fully saturated rings. The van der Waals surface area contributed by atoms with Crippen LogP contribution >= 0.6 is 0 Å². The smallest absolute Gasteiger partial charge is 0.0881 e. The Labute approximate surface area is 114 Å². The van der Waals surface area contributed by atoms with Crippen LogP contribution in [0.5, 0.6) is 0 Å². The van der Waals surface area contributed by atoms with Gasteiger partial charge in [0.15, 0.2) is 0 Å². The molecule has 1 aromatic heterocycles. The van der Waals surface area contributed by atoms with E-state index in [2.05, 4.69) is 40.6 Å². The lowest BCUT2D eigenvalue weighted by Gasteiger charge is -2.18. The first-order valence-corrected chi connectivity index (χ1v) is 7.55. The van der Waals surface area contributed by atoms with Crippen molar-refractivity contribution in [3.63, 3.8) is 0 Å². The zero-order chi connectivity index (χ0) is 13.1. The Morgan fingerprint density at radius 3 is 3.11 bits per heavy atom. The van der Waals surface area contributed by atoms with Crippen molar-refractivity contribution in [1.82, 2.24) is 10.2 Å². The average Bonchev–Trinajstić information content (AvgIpc) is 2.80. The lowest BCUT2D eigenvalue weighted by Crippen LogP contribution is -2.18. The van der Waals surface area contributed by atoms with E-state index in [0.29, 0.717) is 6.04 Å². The van der Waals surface area contributed by atoms with Crippen LogP contribution in [0.15, 0.2) is 24.4 Å². The Hall–Kier alpha value is -1.51. The topological polar surface area (TPSA) is 40.7 Å². The molecule has 1 heterocycles. The van der Waals surface area contributed by atoms with E-state index < -0.39 is 0 Å². The second kappa shape index (κ2) is 5.64. The number of fused-ring (bicyclic) bond motifs is 1. The molecular formula is C16H23N3. The number of aromatic nitrogens is 2. The second-order valence-electron chi connectivity index (χ2n) is 5.76. The molecule has 3 nitrogen and oxygen atoms in total. The first kappa shape index (κ1) is 12.5. The highest BCUT2D eigenvalue weighted by molar-refractivity contribution is 5.89. The molecule has 1 aromatic carbocycles. The maximum atomic E-state index is 4.13. The number of benzene rings is 1. The molecule has 3 heteroatoms. The molecule has 0 saturated heterocycles. The van der Waals surface area contributed by atoms with Crippen molar-refractivity contribution in [1.29, 1.82) is 0 Å². The Kier molecular flexibility index (Phi) is 3.72. The molecule has 2 unspecified atom stereocenters. The number of para-hydroxylation sites is 1. The van der Waals surface area contributed by atoms with Crippen LogP contribution in [0.3, 0.4) is 0 Å². The van der Waals surface area contributed by atoms with Gasteiger partial charge in [0.1, 0.15) is 0 Å². The number of nitrogens with zero attached hydrogens (tertiary/aromatic N) is 1. The fraction of sp³-hybridized carbons (Fsp3) is 0.562. The van der Waals surface area contributed by atoms with Crippen LogP contribution in [0.2, 0.25) is 0 Å². The van der Waals surface area contributed by atoms with Crippen LogP contribution in [0.1, 0.15) is 45.4 Å². The third-order valence-electron chi connectivity index (χ3n) is 4.50. The van der Waals surface area contributed by atoms with Gasteiger partial charge in [0.2, 0.25) is 0 Å². The summed E-state index contributed by atoms with van der Waals surface area (Å²) in [4.78, 5) is 0. The maximum absolute atomic E-state index is 4.13. The first-order chi connectivity index (χ1) is 9.36. The highest BCUT2D eigenvalue weighted by Gasteiger charge is 2.18. The molecule has 2 aromatic rings. The summed E-state index contributed by atoms with van der Waals surface area (Å²) >= 11 is 0. The van der Waals surface area contributed by atoms with E-state index in [0.717, 1.165) is 11.4 Å². The molecule has 0 radical (unpaired) electrons. The summed E-state index contributed by atoms with van der Waals surface area (Å²) in [6.07, 6.45) is 9.94. The number of rotatable bonds is 3. The molecule has 2 N–H and O–H groups in total. The molecular weight excluding hydrogens is 234 g/mol. The van der Waals surface area contributed by atoms with E-state index in [1.807, 2.05) is 6.20 Å². The molecule has 1 saturated carbocycles. The molecule has 0 spiro atoms. The van der Waals surface area contributed by atoms with E-state index in [1.54, 1.807) is 0 Å². The minimum absolute atomic E-state index is 0.616. The number of aromatic amines is 1. The van der Waals surface area contributed by atoms with E-state index in [9.17, 15) is 0 Å². The van der Waals surface area contributed by atoms with Gasteiger partial charge in [-0.1, -0.05) is 38.3 Å². The number of H-pyrrole nitrogens is 1. The van der Waals surface area contributed by atoms with Gasteiger partial charge in [0.25, 0.3) is 0 Å². The van der Waals surface area contributed by atoms with E-state index in [1.165, 1.54) is 49.6 Å². The molecule has 1 aliphatic carbocycles. The van der Waals surface area contributed by atoms with Crippen molar-refractivity contribution < 1.29 is 0 Å². The van der Waals surface area contributed by atoms with E-state index in [-0.39, 0.29) is 0 Å². The Morgan fingerprint density at radius 2 is 2.21 bits per heavy atom. The summed E-state index contributed by atoms with van der Waals surface area (Å²) < 4.78 is 0. The number of hydrogen-bond acceptors (Lipinski definition) is 2. The lowest BCUT2D eigenvalue weighted by molar-refractivity contribution is 0.444. The summed E-state index contributed by atoms with van der Waals surface area (Å²) in [5, 5.41) is 12.1. The van der Waals surface area contributed by atoms with Crippen LogP contribution in [0.25, 0.3) is 10.9 Å². The molecule has 0 amide bonds. The van der Waals surface area contributed by atoms with Gasteiger partial charge in [0.05, 0.1) is 17.4 Å². The van der Waals surface area contributed by atoms with Gasteiger partial charge in [-0.15, -0.1) is 0 Å². The van der Waals surface area contributed by atoms with Gasteiger partial charge in [-0.05, 0) is 31.2 Å². The molecule has 1 aliphatic rings. The molecule has 102 valence electrons. The number of nitrogens with one attached hydrogen (secondary N) is 2. The van der Waals surface area contributed by atoms with Gasteiger partial charge in [-0.25, -0.2) is 0 Å². The number of hydrogen-bond donors (Lipinski definition) is 2. The standard InChI is InChI=1S/C16H23N3/c1-2-12-5-3-7-14(10-9-12)18-15-8-4-6-13-11-17-19-16(13)15/h4,6,8,11-12,14,18H,2-3,5,7,9-10H2,1H3,(H,17,19). The minimum atomic E-state index is 0.616. The summed E-state index contributed by atoms with van der Waals surface area (Å²) in [6, 6.07) is 6.98. The third-order valence-corrected chi connectivity index (χ3v) is 4.50. The zero-order valence-corrected chi connectivity index (χ0v) is 11.7. The largest absolute Gasteiger partial charge is 0.381 e. The van der Waals surface area contributed by atoms with Gasteiger partial charge in [-0.2, -0.15) is 5.10 Å². The van der Waals surface area contributed by atoms with Crippen molar-refractivity contribution >= 4 is 16.6 Å². The fourth-order valence-electron chi connectivity index (χ4n) is 3.24. The Morgan fingerprint density at radius 1 is 1.26 bits per heavy atom. The van der Waals surface area contributed by atoms with Crippen molar-refractivity contribution in [2.75, 3.05) is 5.32 Å². The highest BCUT2D eigenvalue weighted by Crippen LogP contribution is 2.29. The van der Waals surface area contributed by atoms with Gasteiger partial charge in [0, 0.05) is 11.4 Å². The van der Waals surface area contributed by atoms with Crippen molar-refractivity contribution in [3.8, 4) is 0 Å². The molecule has 3 rings (SSSR count). The summed E-state index contributed by atoms with van der Waals surface area (Å²) in [5.41, 5.74) is 2.34. The fourth-order valence-corrected chi connectivity index (χ4v) is 3.24. The van der Waals surface area contributed by atoms with Crippen LogP contribution in [-0.4, -0.2) is 16.2 Å². The average molecular weight is 257 g/mol. The van der Waals surface area contributed by atoms with Crippen molar-refractivity contribution in [2.24, 2.45) is 5.92 Å². The van der Waals surface area contributed by atoms with Crippen LogP contribution in [-0.2, 0) is 0 Å². The summed E-state index contributed by atoms with van der Waals surface area (Å²) in [5.74, 6) is 0.940. The molecule has 0 aliphatic heterocycles. The predicted molar refractivity (Wildman–Crippen MR) is 80.4 cm³/mol. The molecule has 2 atom stereocenters. The second-order valence-corrected chi connectivity index (χ2v) is 5.76. The highest BCUT2D eigenvalue weighted by atomic mass is 15.1. The Balaban J connectivity index is 1.72. The zero-order valence-electron chi connectivity index (χ0n) is 11.7. The number of anilines is 1. The maximum Gasteiger partial charge on any atom is 0.0881 e. The van der Waals surface area contributed by atoms with Gasteiger partial charge < -0.3 is 5.32 Å². The first-order valence-electron chi connectivity index (χ1n) is 7.55. The Bertz CT molecular complexity index is 532. The third kappa shape index (κ3) is 2.75. The predicted octanol–water partition coefficient (Wildman–Crippen LogP) is 4.33. The van der Waals surface area contributed by atoms with Gasteiger partial charge >= 0.3 is 0 Å². The van der Waals surface area contributed by atoms with Crippen LogP contribution < -0.4 is 5.32 Å². The van der Waals surface area contributed by atoms with Crippen molar-refractivity contribution in [3.05, 3.63) is 24.4 Å². The SMILES string of the molecule is CCC1CCCC(Nc2cccc3cn[nH]c23)CC1. The van der Waals surface area contributed by atoms with Gasteiger partial charge in [-0.3, -0.25) is 5.10 Å². The summed E-state index contributed by atoms with van der Waals surface area (Å²) in [7, 11) is 0. The summed E-state index contributed by atoms with van der Waals surface area (Å²) in [6.45, 7) is 2.32. The minimum Gasteiger partial charge on any atom is -0.381 e. The molecule has 0 bridgehead atoms. The van der Waals surface area contributed by atoms with Crippen molar-refractivity contribution in [2.45, 2.75) is 51.5 Å². The van der Waals surface area contributed by atoms with E-state index in [4.69, 9.17) is 0 Å². The molecule has 19 heavy (non-hydrogen) atoms. The van der Waals surface area contributed by atoms with Crippen LogP contribution in [0.4, 0.5) is 5.69 Å².